The third-order valence-corrected chi connectivity index (χ3v) is 5.77. The fourth-order valence-electron chi connectivity index (χ4n) is 3.95. The fourth-order valence-corrected chi connectivity index (χ4v) is 3.95. The summed E-state index contributed by atoms with van der Waals surface area (Å²) in [5.41, 5.74) is 0.830. The van der Waals surface area contributed by atoms with Crippen LogP contribution in [-0.2, 0) is 0 Å². The van der Waals surface area contributed by atoms with Crippen LogP contribution >= 0.6 is 0 Å². The number of carbonyl (C=O) groups is 2. The minimum Gasteiger partial charge on any atom is -0.449 e. The maximum absolute atomic E-state index is 13.4. The summed E-state index contributed by atoms with van der Waals surface area (Å²) in [6.45, 7) is 1.98. The summed E-state index contributed by atoms with van der Waals surface area (Å²) >= 11 is 0. The van der Waals surface area contributed by atoms with E-state index in [1.807, 2.05) is 4.90 Å². The molecule has 0 bridgehead atoms. The van der Waals surface area contributed by atoms with Crippen LogP contribution in [0.15, 0.2) is 71.4 Å². The highest BCUT2D eigenvalue weighted by molar-refractivity contribution is 6.14. The summed E-state index contributed by atoms with van der Waals surface area (Å²) < 4.78 is 5.88. The van der Waals surface area contributed by atoms with Crippen molar-refractivity contribution in [2.75, 3.05) is 36.4 Å². The first kappa shape index (κ1) is 22.0. The van der Waals surface area contributed by atoms with Gasteiger partial charge in [-0.05, 0) is 30.3 Å². The molecular formula is C24H20N6O5. The maximum Gasteiger partial charge on any atom is 0.291 e. The Hall–Kier alpha value is -4.80. The topological polar surface area (TPSA) is 135 Å². The Labute approximate surface area is 199 Å². The molecule has 11 nitrogen and oxygen atoms in total. The van der Waals surface area contributed by atoms with Crippen LogP contribution in [0.5, 0.6) is 0 Å². The molecule has 0 radical (unpaired) electrons. The van der Waals surface area contributed by atoms with E-state index in [0.29, 0.717) is 43.1 Å². The highest BCUT2D eigenvalue weighted by Crippen LogP contribution is 2.32. The number of benzene rings is 2. The van der Waals surface area contributed by atoms with E-state index in [0.717, 1.165) is 0 Å². The van der Waals surface area contributed by atoms with E-state index in [-0.39, 0.29) is 28.6 Å². The minimum atomic E-state index is -0.536. The fraction of sp³-hybridized carbons (Fsp3) is 0.167. The monoisotopic (exact) mass is 472 g/mol. The molecule has 4 aromatic rings. The van der Waals surface area contributed by atoms with E-state index in [4.69, 9.17) is 4.42 Å². The van der Waals surface area contributed by atoms with E-state index in [1.165, 1.54) is 24.3 Å². The molecule has 35 heavy (non-hydrogen) atoms. The molecule has 0 unspecified atom stereocenters. The van der Waals surface area contributed by atoms with Crippen LogP contribution in [0, 0.1) is 10.1 Å². The standard InChI is InChI=1S/C24H20N6O5/c31-22(16-6-8-17(9-7-16)30(33)34)27-20-18-4-1-2-5-19(18)35-21(20)23(32)28-12-14-29(15-13-28)24-25-10-3-11-26-24/h1-11H,12-15H2,(H,27,31). The predicted octanol–water partition coefficient (Wildman–Crippen LogP) is 3.35. The summed E-state index contributed by atoms with van der Waals surface area (Å²) in [7, 11) is 0. The van der Waals surface area contributed by atoms with Gasteiger partial charge < -0.3 is 19.5 Å². The Morgan fingerprint density at radius 1 is 0.943 bits per heavy atom. The van der Waals surface area contributed by atoms with Crippen molar-refractivity contribution < 1.29 is 18.9 Å². The van der Waals surface area contributed by atoms with Crippen LogP contribution in [0.25, 0.3) is 11.0 Å². The highest BCUT2D eigenvalue weighted by atomic mass is 16.6. The zero-order valence-electron chi connectivity index (χ0n) is 18.5. The van der Waals surface area contributed by atoms with E-state index >= 15 is 0 Å². The number of amides is 2. The molecule has 11 heteroatoms. The number of nitrogens with one attached hydrogen (secondary N) is 1. The second-order valence-electron chi connectivity index (χ2n) is 7.89. The predicted molar refractivity (Wildman–Crippen MR) is 127 cm³/mol. The van der Waals surface area contributed by atoms with Crippen molar-refractivity contribution >= 4 is 40.1 Å². The SMILES string of the molecule is O=C(Nc1c(C(=O)N2CCN(c3ncccn3)CC2)oc2ccccc12)c1ccc([N+](=O)[O-])cc1. The van der Waals surface area contributed by atoms with Gasteiger partial charge in [-0.1, -0.05) is 12.1 Å². The second-order valence-corrected chi connectivity index (χ2v) is 7.89. The van der Waals surface area contributed by atoms with Gasteiger partial charge in [-0.3, -0.25) is 19.7 Å². The lowest BCUT2D eigenvalue weighted by Gasteiger charge is -2.34. The quantitative estimate of drug-likeness (QED) is 0.345. The molecule has 1 saturated heterocycles. The molecular weight excluding hydrogens is 452 g/mol. The lowest BCUT2D eigenvalue weighted by atomic mass is 10.1. The van der Waals surface area contributed by atoms with Crippen LogP contribution in [-0.4, -0.2) is 57.8 Å². The minimum absolute atomic E-state index is 0.0332. The summed E-state index contributed by atoms with van der Waals surface area (Å²) in [6.07, 6.45) is 3.35. The van der Waals surface area contributed by atoms with E-state index < -0.39 is 10.8 Å². The normalized spacial score (nSPS) is 13.6. The molecule has 5 rings (SSSR count). The zero-order chi connectivity index (χ0) is 24.4. The average Bonchev–Trinajstić information content (AvgIpc) is 3.27. The Balaban J connectivity index is 1.38. The van der Waals surface area contributed by atoms with Gasteiger partial charge in [0.25, 0.3) is 17.5 Å². The molecule has 1 fully saturated rings. The molecule has 2 aromatic carbocycles. The molecule has 176 valence electrons. The van der Waals surface area contributed by atoms with Crippen molar-refractivity contribution in [2.45, 2.75) is 0 Å². The Morgan fingerprint density at radius 2 is 1.63 bits per heavy atom. The third kappa shape index (κ3) is 4.38. The molecule has 1 aliphatic heterocycles. The third-order valence-electron chi connectivity index (χ3n) is 5.77. The Bertz CT molecular complexity index is 1400. The molecule has 0 spiro atoms. The van der Waals surface area contributed by atoms with Crippen LogP contribution < -0.4 is 10.2 Å². The first-order valence-corrected chi connectivity index (χ1v) is 10.9. The van der Waals surface area contributed by atoms with Gasteiger partial charge in [-0.15, -0.1) is 0 Å². The van der Waals surface area contributed by atoms with Crippen LogP contribution in [0.4, 0.5) is 17.3 Å². The van der Waals surface area contributed by atoms with Gasteiger partial charge in [0.1, 0.15) is 11.3 Å². The van der Waals surface area contributed by atoms with Crippen LogP contribution in [0.1, 0.15) is 20.9 Å². The van der Waals surface area contributed by atoms with Gasteiger partial charge >= 0.3 is 0 Å². The number of nitrogens with zero attached hydrogens (tertiary/aromatic N) is 5. The summed E-state index contributed by atoms with van der Waals surface area (Å²) in [6, 6.07) is 14.0. The Kier molecular flexibility index (Phi) is 5.80. The van der Waals surface area contributed by atoms with Gasteiger partial charge in [-0.25, -0.2) is 9.97 Å². The first-order chi connectivity index (χ1) is 17.0. The van der Waals surface area contributed by atoms with Crippen molar-refractivity contribution in [2.24, 2.45) is 0 Å². The number of nitro benzene ring substituents is 1. The zero-order valence-corrected chi connectivity index (χ0v) is 18.5. The van der Waals surface area contributed by atoms with Crippen molar-refractivity contribution in [1.82, 2.24) is 14.9 Å². The number of hydrogen-bond acceptors (Lipinski definition) is 8. The smallest absolute Gasteiger partial charge is 0.291 e. The van der Waals surface area contributed by atoms with Gasteiger partial charge in [0.05, 0.1) is 4.92 Å². The molecule has 0 atom stereocenters. The van der Waals surface area contributed by atoms with Crippen LogP contribution in [0.2, 0.25) is 0 Å². The van der Waals surface area contributed by atoms with Crippen molar-refractivity contribution in [3.05, 3.63) is 88.4 Å². The Morgan fingerprint density at radius 3 is 2.31 bits per heavy atom. The van der Waals surface area contributed by atoms with E-state index in [1.54, 1.807) is 47.6 Å². The van der Waals surface area contributed by atoms with Crippen molar-refractivity contribution in [3.8, 4) is 0 Å². The molecule has 0 aliphatic carbocycles. The number of rotatable bonds is 5. The number of piperazine rings is 1. The maximum atomic E-state index is 13.4. The molecule has 2 amide bonds. The van der Waals surface area contributed by atoms with Gasteiger partial charge in [-0.2, -0.15) is 0 Å². The van der Waals surface area contributed by atoms with E-state index in [2.05, 4.69) is 15.3 Å². The number of nitro groups is 1. The number of hydrogen-bond donors (Lipinski definition) is 1. The van der Waals surface area contributed by atoms with Crippen molar-refractivity contribution in [3.63, 3.8) is 0 Å². The summed E-state index contributed by atoms with van der Waals surface area (Å²) in [4.78, 5) is 48.9. The number of anilines is 2. The first-order valence-electron chi connectivity index (χ1n) is 10.9. The number of fused-ring (bicyclic) bond motifs is 1. The average molecular weight is 472 g/mol. The molecule has 2 aromatic heterocycles. The van der Waals surface area contributed by atoms with E-state index in [9.17, 15) is 19.7 Å². The molecule has 3 heterocycles. The number of non-ortho nitro benzene ring substituents is 1. The lowest BCUT2D eigenvalue weighted by molar-refractivity contribution is -0.384. The number of furan rings is 1. The van der Waals surface area contributed by atoms with Gasteiger partial charge in [0.2, 0.25) is 11.7 Å². The largest absolute Gasteiger partial charge is 0.449 e. The summed E-state index contributed by atoms with van der Waals surface area (Å²) in [5, 5.41) is 14.3. The summed E-state index contributed by atoms with van der Waals surface area (Å²) in [5.74, 6) is -0.203. The highest BCUT2D eigenvalue weighted by Gasteiger charge is 2.29. The van der Waals surface area contributed by atoms with Gasteiger partial charge in [0, 0.05) is 61.7 Å². The lowest BCUT2D eigenvalue weighted by Crippen LogP contribution is -2.49. The second kappa shape index (κ2) is 9.21. The number of aromatic nitrogens is 2. The molecule has 1 aliphatic rings. The number of carbonyl (C=O) groups excluding carboxylic acids is 2. The molecule has 0 saturated carbocycles. The van der Waals surface area contributed by atoms with Gasteiger partial charge in [0.15, 0.2) is 0 Å². The molecule has 1 N–H and O–H groups in total. The number of para-hydroxylation sites is 1. The van der Waals surface area contributed by atoms with Crippen LogP contribution in [0.3, 0.4) is 0 Å². The van der Waals surface area contributed by atoms with Crippen molar-refractivity contribution in [1.29, 1.82) is 0 Å².